The number of ether oxygens (including phenoxy) is 3. The van der Waals surface area contributed by atoms with Crippen molar-refractivity contribution in [3.05, 3.63) is 53.6 Å². The maximum absolute atomic E-state index is 10.6. The summed E-state index contributed by atoms with van der Waals surface area (Å²) < 4.78 is 15.8. The van der Waals surface area contributed by atoms with E-state index in [1.807, 2.05) is 30.3 Å². The Morgan fingerprint density at radius 3 is 2.30 bits per heavy atom. The highest BCUT2D eigenvalue weighted by Crippen LogP contribution is 2.37. The van der Waals surface area contributed by atoms with Crippen molar-refractivity contribution in [3.8, 4) is 17.2 Å². The van der Waals surface area contributed by atoms with Crippen LogP contribution in [0.1, 0.15) is 17.2 Å². The highest BCUT2D eigenvalue weighted by Gasteiger charge is 2.18. The summed E-state index contributed by atoms with van der Waals surface area (Å²) in [5, 5.41) is 10.6. The second kappa shape index (κ2) is 6.30. The maximum Gasteiger partial charge on any atom is 0.166 e. The first-order chi connectivity index (χ1) is 9.71. The molecule has 4 heteroatoms. The fourth-order valence-electron chi connectivity index (χ4n) is 2.12. The summed E-state index contributed by atoms with van der Waals surface area (Å²) in [5.41, 5.74) is 1.39. The Bertz CT molecular complexity index is 580. The van der Waals surface area contributed by atoms with Crippen LogP contribution in [0, 0.1) is 0 Å². The van der Waals surface area contributed by atoms with Gasteiger partial charge in [0.05, 0.1) is 21.3 Å². The van der Waals surface area contributed by atoms with Crippen LogP contribution in [0.3, 0.4) is 0 Å². The predicted octanol–water partition coefficient (Wildman–Crippen LogP) is 2.79. The molecule has 0 aliphatic rings. The zero-order valence-corrected chi connectivity index (χ0v) is 11.8. The number of hydrogen-bond acceptors (Lipinski definition) is 4. The van der Waals surface area contributed by atoms with E-state index in [1.165, 1.54) is 0 Å². The lowest BCUT2D eigenvalue weighted by molar-refractivity contribution is 0.212. The van der Waals surface area contributed by atoms with Gasteiger partial charge >= 0.3 is 0 Å². The minimum Gasteiger partial charge on any atom is -0.497 e. The second-order valence-electron chi connectivity index (χ2n) is 4.26. The van der Waals surface area contributed by atoms with Crippen molar-refractivity contribution in [2.45, 2.75) is 6.10 Å². The van der Waals surface area contributed by atoms with E-state index in [2.05, 4.69) is 0 Å². The minimum atomic E-state index is -0.810. The molecule has 1 unspecified atom stereocenters. The quantitative estimate of drug-likeness (QED) is 0.910. The molecule has 20 heavy (non-hydrogen) atoms. The van der Waals surface area contributed by atoms with Crippen LogP contribution in [-0.4, -0.2) is 26.4 Å². The Morgan fingerprint density at radius 2 is 1.65 bits per heavy atom. The Hall–Kier alpha value is -2.20. The molecule has 0 spiro atoms. The first-order valence-corrected chi connectivity index (χ1v) is 6.24. The van der Waals surface area contributed by atoms with Gasteiger partial charge in [-0.1, -0.05) is 24.3 Å². The molecular formula is C16H18O4. The van der Waals surface area contributed by atoms with Gasteiger partial charge in [0.1, 0.15) is 11.9 Å². The van der Waals surface area contributed by atoms with Crippen LogP contribution in [-0.2, 0) is 0 Å². The largest absolute Gasteiger partial charge is 0.497 e. The van der Waals surface area contributed by atoms with Crippen molar-refractivity contribution in [1.29, 1.82) is 0 Å². The van der Waals surface area contributed by atoms with Gasteiger partial charge in [-0.3, -0.25) is 0 Å². The number of para-hydroxylation sites is 1. The standard InChI is InChI=1S/C16H18O4/c1-18-12-7-4-6-11(10-12)15(17)13-8-5-9-14(19-2)16(13)20-3/h4-10,15,17H,1-3H3. The topological polar surface area (TPSA) is 47.9 Å². The summed E-state index contributed by atoms with van der Waals surface area (Å²) in [7, 11) is 4.72. The summed E-state index contributed by atoms with van der Waals surface area (Å²) in [5.74, 6) is 1.82. The van der Waals surface area contributed by atoms with Crippen LogP contribution >= 0.6 is 0 Å². The van der Waals surface area contributed by atoms with E-state index in [0.29, 0.717) is 22.8 Å². The number of methoxy groups -OCH3 is 3. The summed E-state index contributed by atoms with van der Waals surface area (Å²) in [4.78, 5) is 0. The average molecular weight is 274 g/mol. The normalized spacial score (nSPS) is 11.8. The predicted molar refractivity (Wildman–Crippen MR) is 76.6 cm³/mol. The van der Waals surface area contributed by atoms with Crippen LogP contribution in [0.4, 0.5) is 0 Å². The van der Waals surface area contributed by atoms with Crippen molar-refractivity contribution in [1.82, 2.24) is 0 Å². The number of rotatable bonds is 5. The van der Waals surface area contributed by atoms with Crippen molar-refractivity contribution in [2.24, 2.45) is 0 Å². The van der Waals surface area contributed by atoms with Gasteiger partial charge in [0.15, 0.2) is 11.5 Å². The van der Waals surface area contributed by atoms with Gasteiger partial charge < -0.3 is 19.3 Å². The molecule has 106 valence electrons. The molecule has 0 fully saturated rings. The fourth-order valence-corrected chi connectivity index (χ4v) is 2.12. The van der Waals surface area contributed by atoms with Crippen LogP contribution in [0.2, 0.25) is 0 Å². The summed E-state index contributed by atoms with van der Waals surface area (Å²) >= 11 is 0. The van der Waals surface area contributed by atoms with Crippen LogP contribution in [0.15, 0.2) is 42.5 Å². The molecule has 0 bridgehead atoms. The van der Waals surface area contributed by atoms with Crippen LogP contribution in [0.25, 0.3) is 0 Å². The third kappa shape index (κ3) is 2.70. The fraction of sp³-hybridized carbons (Fsp3) is 0.250. The molecule has 0 saturated heterocycles. The molecule has 1 atom stereocenters. The molecule has 2 aromatic carbocycles. The average Bonchev–Trinajstić information content (AvgIpc) is 2.53. The third-order valence-electron chi connectivity index (χ3n) is 3.14. The highest BCUT2D eigenvalue weighted by molar-refractivity contribution is 5.50. The monoisotopic (exact) mass is 274 g/mol. The van der Waals surface area contributed by atoms with Gasteiger partial charge in [-0.05, 0) is 23.8 Å². The van der Waals surface area contributed by atoms with E-state index in [9.17, 15) is 5.11 Å². The van der Waals surface area contributed by atoms with Crippen LogP contribution < -0.4 is 14.2 Å². The first-order valence-electron chi connectivity index (χ1n) is 6.24. The molecule has 1 N–H and O–H groups in total. The number of aliphatic hydroxyl groups excluding tert-OH is 1. The molecule has 0 saturated carbocycles. The van der Waals surface area contributed by atoms with Gasteiger partial charge in [-0.15, -0.1) is 0 Å². The van der Waals surface area contributed by atoms with Crippen molar-refractivity contribution >= 4 is 0 Å². The summed E-state index contributed by atoms with van der Waals surface area (Å²) in [6, 6.07) is 12.7. The molecule has 0 radical (unpaired) electrons. The van der Waals surface area contributed by atoms with Crippen molar-refractivity contribution < 1.29 is 19.3 Å². The van der Waals surface area contributed by atoms with Gasteiger partial charge in [-0.2, -0.15) is 0 Å². The molecule has 0 amide bonds. The molecular weight excluding hydrogens is 256 g/mol. The lowest BCUT2D eigenvalue weighted by Gasteiger charge is -2.17. The van der Waals surface area contributed by atoms with Crippen molar-refractivity contribution in [3.63, 3.8) is 0 Å². The number of benzene rings is 2. The molecule has 0 aromatic heterocycles. The summed E-state index contributed by atoms with van der Waals surface area (Å²) in [6.45, 7) is 0. The zero-order chi connectivity index (χ0) is 14.5. The Morgan fingerprint density at radius 1 is 0.900 bits per heavy atom. The lowest BCUT2D eigenvalue weighted by Crippen LogP contribution is -2.04. The molecule has 4 nitrogen and oxygen atoms in total. The maximum atomic E-state index is 10.6. The Kier molecular flexibility index (Phi) is 4.48. The smallest absolute Gasteiger partial charge is 0.166 e. The van der Waals surface area contributed by atoms with E-state index >= 15 is 0 Å². The highest BCUT2D eigenvalue weighted by atomic mass is 16.5. The SMILES string of the molecule is COc1cccc(C(O)c2cccc(OC)c2OC)c1. The number of hydrogen-bond donors (Lipinski definition) is 1. The zero-order valence-electron chi connectivity index (χ0n) is 11.8. The van der Waals surface area contributed by atoms with Gasteiger partial charge in [0.2, 0.25) is 0 Å². The summed E-state index contributed by atoms with van der Waals surface area (Å²) in [6.07, 6.45) is -0.810. The Labute approximate surface area is 118 Å². The van der Waals surface area contributed by atoms with E-state index in [-0.39, 0.29) is 0 Å². The van der Waals surface area contributed by atoms with Gasteiger partial charge in [-0.25, -0.2) is 0 Å². The van der Waals surface area contributed by atoms with Gasteiger partial charge in [0.25, 0.3) is 0 Å². The van der Waals surface area contributed by atoms with E-state index in [1.54, 1.807) is 33.5 Å². The van der Waals surface area contributed by atoms with E-state index in [0.717, 1.165) is 5.56 Å². The minimum absolute atomic E-state index is 0.533. The number of aliphatic hydroxyl groups is 1. The van der Waals surface area contributed by atoms with E-state index < -0.39 is 6.10 Å². The third-order valence-corrected chi connectivity index (χ3v) is 3.14. The second-order valence-corrected chi connectivity index (χ2v) is 4.26. The molecule has 0 aliphatic carbocycles. The van der Waals surface area contributed by atoms with Crippen LogP contribution in [0.5, 0.6) is 17.2 Å². The molecule has 0 aliphatic heterocycles. The first kappa shape index (κ1) is 14.2. The van der Waals surface area contributed by atoms with E-state index in [4.69, 9.17) is 14.2 Å². The lowest BCUT2D eigenvalue weighted by atomic mass is 10.00. The molecule has 0 heterocycles. The Balaban J connectivity index is 2.44. The van der Waals surface area contributed by atoms with Gasteiger partial charge in [0, 0.05) is 5.56 Å². The molecule has 2 aromatic rings. The van der Waals surface area contributed by atoms with Crippen molar-refractivity contribution in [2.75, 3.05) is 21.3 Å². The molecule has 2 rings (SSSR count).